The van der Waals surface area contributed by atoms with Gasteiger partial charge in [0.05, 0.1) is 6.61 Å². The van der Waals surface area contributed by atoms with Crippen molar-refractivity contribution in [3.05, 3.63) is 42.0 Å². The smallest absolute Gasteiger partial charge is 0.252 e. The highest BCUT2D eigenvalue weighted by Crippen LogP contribution is 2.14. The molecule has 116 valence electrons. The van der Waals surface area contributed by atoms with Gasteiger partial charge in [0.1, 0.15) is 5.75 Å². The van der Waals surface area contributed by atoms with Gasteiger partial charge in [-0.3, -0.25) is 4.79 Å². The van der Waals surface area contributed by atoms with Crippen molar-refractivity contribution in [1.82, 2.24) is 0 Å². The lowest BCUT2D eigenvalue weighted by atomic mass is 10.1. The van der Waals surface area contributed by atoms with Crippen LogP contribution < -0.4 is 4.74 Å². The van der Waals surface area contributed by atoms with Crippen molar-refractivity contribution in [2.75, 3.05) is 6.61 Å². The van der Waals surface area contributed by atoms with Crippen LogP contribution in [0.2, 0.25) is 0 Å². The molecule has 0 atom stereocenters. The van der Waals surface area contributed by atoms with Crippen molar-refractivity contribution in [2.24, 2.45) is 0 Å². The van der Waals surface area contributed by atoms with E-state index in [2.05, 4.69) is 19.1 Å². The summed E-state index contributed by atoms with van der Waals surface area (Å²) in [6.07, 6.45) is 13.0. The summed E-state index contributed by atoms with van der Waals surface area (Å²) in [4.78, 5) is 10.9. The van der Waals surface area contributed by atoms with Crippen LogP contribution in [0, 0.1) is 0 Å². The van der Waals surface area contributed by atoms with Gasteiger partial charge >= 0.3 is 0 Å². The number of rotatable bonds is 11. The molecular formula is C18H25ClO2. The number of hydrogen-bond donors (Lipinski definition) is 0. The van der Waals surface area contributed by atoms with Gasteiger partial charge in [-0.1, -0.05) is 38.3 Å². The van der Waals surface area contributed by atoms with Crippen LogP contribution in [-0.2, 0) is 0 Å². The van der Waals surface area contributed by atoms with Crippen molar-refractivity contribution in [2.45, 2.75) is 51.9 Å². The van der Waals surface area contributed by atoms with E-state index < -0.39 is 5.24 Å². The molecule has 0 saturated heterocycles. The molecule has 1 aromatic rings. The summed E-state index contributed by atoms with van der Waals surface area (Å²) in [6, 6.07) is 6.92. The first-order valence-electron chi connectivity index (χ1n) is 7.81. The van der Waals surface area contributed by atoms with E-state index in [1.807, 2.05) is 0 Å². The second-order valence-corrected chi connectivity index (χ2v) is 5.45. The zero-order chi connectivity index (χ0) is 15.3. The van der Waals surface area contributed by atoms with E-state index in [4.69, 9.17) is 16.3 Å². The lowest BCUT2D eigenvalue weighted by Crippen LogP contribution is -1.97. The Balaban J connectivity index is 2.06. The molecule has 3 heteroatoms. The van der Waals surface area contributed by atoms with E-state index in [1.54, 1.807) is 24.3 Å². The Labute approximate surface area is 133 Å². The number of unbranched alkanes of at least 4 members (excludes halogenated alkanes) is 5. The zero-order valence-electron chi connectivity index (χ0n) is 12.8. The quantitative estimate of drug-likeness (QED) is 0.295. The molecule has 0 aliphatic rings. The minimum atomic E-state index is -0.439. The minimum absolute atomic E-state index is 0.439. The SMILES string of the molecule is CCCCCCC=CCCCOc1ccc(C(=O)Cl)cc1. The third kappa shape index (κ3) is 8.56. The summed E-state index contributed by atoms with van der Waals surface area (Å²) in [5, 5.41) is -0.439. The Hall–Kier alpha value is -1.28. The van der Waals surface area contributed by atoms with Crippen LogP contribution in [0.15, 0.2) is 36.4 Å². The first-order chi connectivity index (χ1) is 10.2. The van der Waals surface area contributed by atoms with Gasteiger partial charge < -0.3 is 4.74 Å². The topological polar surface area (TPSA) is 26.3 Å². The van der Waals surface area contributed by atoms with Gasteiger partial charge in [0.25, 0.3) is 5.24 Å². The van der Waals surface area contributed by atoms with Gasteiger partial charge in [-0.05, 0) is 61.5 Å². The molecule has 0 N–H and O–H groups in total. The second-order valence-electron chi connectivity index (χ2n) is 5.11. The molecule has 0 aliphatic heterocycles. The predicted molar refractivity (Wildman–Crippen MR) is 89.3 cm³/mol. The van der Waals surface area contributed by atoms with Crippen LogP contribution in [0.1, 0.15) is 62.2 Å². The van der Waals surface area contributed by atoms with Gasteiger partial charge in [0.15, 0.2) is 0 Å². The Kier molecular flexibility index (Phi) is 9.64. The van der Waals surface area contributed by atoms with E-state index in [9.17, 15) is 4.79 Å². The summed E-state index contributed by atoms with van der Waals surface area (Å²) >= 11 is 5.38. The third-order valence-corrected chi connectivity index (χ3v) is 3.47. The standard InChI is InChI=1S/C18H25ClO2/c1-2-3-4-5-6-7-8-9-10-15-21-17-13-11-16(12-14-17)18(19)20/h7-8,11-14H,2-6,9-10,15H2,1H3. The fourth-order valence-corrected chi connectivity index (χ4v) is 2.12. The molecule has 1 rings (SSSR count). The molecule has 21 heavy (non-hydrogen) atoms. The maximum atomic E-state index is 10.9. The molecule has 0 amide bonds. The molecule has 0 heterocycles. The highest BCUT2D eigenvalue weighted by Gasteiger charge is 2.00. The van der Waals surface area contributed by atoms with Crippen molar-refractivity contribution < 1.29 is 9.53 Å². The number of carbonyl (C=O) groups excluding carboxylic acids is 1. The van der Waals surface area contributed by atoms with Crippen molar-refractivity contribution in [3.8, 4) is 5.75 Å². The Morgan fingerprint density at radius 1 is 1.05 bits per heavy atom. The van der Waals surface area contributed by atoms with E-state index in [0.29, 0.717) is 12.2 Å². The maximum absolute atomic E-state index is 10.9. The Morgan fingerprint density at radius 2 is 1.71 bits per heavy atom. The molecule has 0 fully saturated rings. The molecule has 0 saturated carbocycles. The number of ether oxygens (including phenoxy) is 1. The average molecular weight is 309 g/mol. The summed E-state index contributed by atoms with van der Waals surface area (Å²) in [5.74, 6) is 0.778. The third-order valence-electron chi connectivity index (χ3n) is 3.26. The molecule has 0 aliphatic carbocycles. The number of hydrogen-bond acceptors (Lipinski definition) is 2. The van der Waals surface area contributed by atoms with Gasteiger partial charge in [-0.15, -0.1) is 0 Å². The van der Waals surface area contributed by atoms with Crippen LogP contribution in [0.25, 0.3) is 0 Å². The average Bonchev–Trinajstić information content (AvgIpc) is 2.49. The van der Waals surface area contributed by atoms with Crippen LogP contribution >= 0.6 is 11.6 Å². The minimum Gasteiger partial charge on any atom is -0.494 e. The van der Waals surface area contributed by atoms with Crippen LogP contribution in [-0.4, -0.2) is 11.8 Å². The largest absolute Gasteiger partial charge is 0.494 e. The van der Waals surface area contributed by atoms with Crippen molar-refractivity contribution >= 4 is 16.8 Å². The molecule has 0 aromatic heterocycles. The van der Waals surface area contributed by atoms with E-state index in [0.717, 1.165) is 18.6 Å². The van der Waals surface area contributed by atoms with Gasteiger partial charge in [-0.2, -0.15) is 0 Å². The predicted octanol–water partition coefficient (Wildman–Crippen LogP) is 5.75. The zero-order valence-corrected chi connectivity index (χ0v) is 13.6. The number of allylic oxidation sites excluding steroid dienone is 2. The summed E-state index contributed by atoms with van der Waals surface area (Å²) < 4.78 is 5.61. The number of carbonyl (C=O) groups is 1. The number of halogens is 1. The van der Waals surface area contributed by atoms with Gasteiger partial charge in [0.2, 0.25) is 0 Å². The van der Waals surface area contributed by atoms with E-state index >= 15 is 0 Å². The molecule has 0 bridgehead atoms. The Bertz CT molecular complexity index is 423. The molecular weight excluding hydrogens is 284 g/mol. The highest BCUT2D eigenvalue weighted by atomic mass is 35.5. The van der Waals surface area contributed by atoms with Crippen LogP contribution in [0.5, 0.6) is 5.75 Å². The highest BCUT2D eigenvalue weighted by molar-refractivity contribution is 6.67. The molecule has 1 aromatic carbocycles. The lowest BCUT2D eigenvalue weighted by molar-refractivity contribution is 0.108. The maximum Gasteiger partial charge on any atom is 0.252 e. The molecule has 2 nitrogen and oxygen atoms in total. The monoisotopic (exact) mass is 308 g/mol. The molecule has 0 unspecified atom stereocenters. The van der Waals surface area contributed by atoms with Gasteiger partial charge in [-0.25, -0.2) is 0 Å². The van der Waals surface area contributed by atoms with Gasteiger partial charge in [0, 0.05) is 5.56 Å². The van der Waals surface area contributed by atoms with Crippen LogP contribution in [0.3, 0.4) is 0 Å². The fourth-order valence-electron chi connectivity index (χ4n) is 2.00. The summed E-state index contributed by atoms with van der Waals surface area (Å²) in [6.45, 7) is 2.92. The van der Waals surface area contributed by atoms with Crippen molar-refractivity contribution in [3.63, 3.8) is 0 Å². The lowest BCUT2D eigenvalue weighted by Gasteiger charge is -2.05. The van der Waals surface area contributed by atoms with E-state index in [-0.39, 0.29) is 0 Å². The second kappa shape index (κ2) is 11.4. The Morgan fingerprint density at radius 3 is 2.33 bits per heavy atom. The normalized spacial score (nSPS) is 11.0. The number of benzene rings is 1. The summed E-state index contributed by atoms with van der Waals surface area (Å²) in [5.41, 5.74) is 0.495. The fraction of sp³-hybridized carbons (Fsp3) is 0.500. The summed E-state index contributed by atoms with van der Waals surface area (Å²) in [7, 11) is 0. The van der Waals surface area contributed by atoms with E-state index in [1.165, 1.54) is 32.1 Å². The van der Waals surface area contributed by atoms with Crippen molar-refractivity contribution in [1.29, 1.82) is 0 Å². The molecule has 0 spiro atoms. The molecule has 0 radical (unpaired) electrons. The van der Waals surface area contributed by atoms with Crippen LogP contribution in [0.4, 0.5) is 0 Å². The first-order valence-corrected chi connectivity index (χ1v) is 8.19. The first kappa shape index (κ1) is 17.8.